The predicted molar refractivity (Wildman–Crippen MR) is 56.9 cm³/mol. The molecule has 0 unspecified atom stereocenters. The molecule has 14 heavy (non-hydrogen) atoms. The van der Waals surface area contributed by atoms with Gasteiger partial charge in [-0.25, -0.2) is 0 Å². The van der Waals surface area contributed by atoms with Gasteiger partial charge in [-0.3, -0.25) is 10.4 Å². The number of nitrogens with one attached hydrogen (secondary N) is 2. The smallest absolute Gasteiger partial charge is 0.115 e. The number of amidine groups is 1. The Bertz CT molecular complexity index is 337. The van der Waals surface area contributed by atoms with E-state index in [1.54, 1.807) is 6.08 Å². The van der Waals surface area contributed by atoms with Crippen molar-refractivity contribution in [1.29, 1.82) is 5.41 Å². The second-order valence-electron chi connectivity index (χ2n) is 3.11. The number of hydrazine groups is 1. The molecule has 1 aliphatic heterocycles. The lowest BCUT2D eigenvalue weighted by Gasteiger charge is -2.16. The Balaban J connectivity index is 2.93. The first-order chi connectivity index (χ1) is 6.52. The first-order valence-electron chi connectivity index (χ1n) is 4.21. The summed E-state index contributed by atoms with van der Waals surface area (Å²) < 4.78 is 0. The highest BCUT2D eigenvalue weighted by Gasteiger charge is 2.14. The number of nitrogens with two attached hydrogens (primary N) is 2. The van der Waals surface area contributed by atoms with Crippen molar-refractivity contribution in [3.8, 4) is 0 Å². The second kappa shape index (κ2) is 3.87. The van der Waals surface area contributed by atoms with Crippen molar-refractivity contribution in [1.82, 2.24) is 10.4 Å². The summed E-state index contributed by atoms with van der Waals surface area (Å²) in [6.07, 6.45) is 4.95. The van der Waals surface area contributed by atoms with Gasteiger partial charge in [-0.15, -0.1) is 0 Å². The van der Waals surface area contributed by atoms with Crippen molar-refractivity contribution >= 4 is 5.84 Å². The van der Waals surface area contributed by atoms with Crippen molar-refractivity contribution < 1.29 is 0 Å². The first-order valence-corrected chi connectivity index (χ1v) is 4.21. The van der Waals surface area contributed by atoms with E-state index in [0.29, 0.717) is 5.70 Å². The van der Waals surface area contributed by atoms with Crippen LogP contribution in [0.15, 0.2) is 35.3 Å². The largest absolute Gasteiger partial charge is 0.397 e. The Morgan fingerprint density at radius 1 is 1.50 bits per heavy atom. The molecule has 0 radical (unpaired) electrons. The van der Waals surface area contributed by atoms with E-state index in [0.717, 1.165) is 11.3 Å². The molecule has 0 bridgehead atoms. The van der Waals surface area contributed by atoms with Gasteiger partial charge in [0.15, 0.2) is 0 Å². The molecule has 0 saturated heterocycles. The Morgan fingerprint density at radius 2 is 2.14 bits per heavy atom. The zero-order valence-corrected chi connectivity index (χ0v) is 8.33. The van der Waals surface area contributed by atoms with E-state index in [-0.39, 0.29) is 5.84 Å². The Labute approximate surface area is 83.2 Å². The third-order valence-corrected chi connectivity index (χ3v) is 1.90. The fourth-order valence-electron chi connectivity index (χ4n) is 1.27. The Hall–Kier alpha value is -1.91. The average molecular weight is 193 g/mol. The molecular formula is C9H15N5. The van der Waals surface area contributed by atoms with Crippen LogP contribution < -0.4 is 16.9 Å². The summed E-state index contributed by atoms with van der Waals surface area (Å²) in [5.74, 6) is -0.0104. The van der Waals surface area contributed by atoms with Gasteiger partial charge in [0, 0.05) is 13.2 Å². The van der Waals surface area contributed by atoms with E-state index in [9.17, 15) is 0 Å². The van der Waals surface area contributed by atoms with Gasteiger partial charge < -0.3 is 16.9 Å². The molecule has 0 saturated carbocycles. The average Bonchev–Trinajstić information content (AvgIpc) is 2.42. The van der Waals surface area contributed by atoms with Crippen LogP contribution in [0.2, 0.25) is 0 Å². The van der Waals surface area contributed by atoms with Crippen LogP contribution in [-0.2, 0) is 0 Å². The van der Waals surface area contributed by atoms with E-state index >= 15 is 0 Å². The van der Waals surface area contributed by atoms with Gasteiger partial charge in [-0.2, -0.15) is 0 Å². The molecule has 76 valence electrons. The lowest BCUT2D eigenvalue weighted by atomic mass is 10.2. The second-order valence-corrected chi connectivity index (χ2v) is 3.11. The molecule has 0 fully saturated rings. The molecule has 0 atom stereocenters. The lowest BCUT2D eigenvalue weighted by molar-refractivity contribution is 0.380. The molecule has 5 heteroatoms. The van der Waals surface area contributed by atoms with E-state index in [4.69, 9.17) is 16.9 Å². The molecular weight excluding hydrogens is 178 g/mol. The molecule has 1 aliphatic rings. The van der Waals surface area contributed by atoms with Crippen LogP contribution in [-0.4, -0.2) is 17.9 Å². The van der Waals surface area contributed by atoms with E-state index in [1.165, 1.54) is 6.08 Å². The van der Waals surface area contributed by atoms with Gasteiger partial charge in [0.25, 0.3) is 0 Å². The summed E-state index contributed by atoms with van der Waals surface area (Å²) in [4.78, 5) is 0. The van der Waals surface area contributed by atoms with E-state index < -0.39 is 0 Å². The zero-order valence-electron chi connectivity index (χ0n) is 8.33. The maximum atomic E-state index is 7.03. The summed E-state index contributed by atoms with van der Waals surface area (Å²) in [5.41, 5.74) is 16.6. The SMILES string of the molecule is CC1=CNN(C)C1=C(N)C=CC(=N)N. The van der Waals surface area contributed by atoms with Crippen LogP contribution in [0.3, 0.4) is 0 Å². The number of nitrogens with zero attached hydrogens (tertiary/aromatic N) is 1. The van der Waals surface area contributed by atoms with Crippen LogP contribution in [0.25, 0.3) is 0 Å². The zero-order chi connectivity index (χ0) is 10.7. The molecule has 1 heterocycles. The van der Waals surface area contributed by atoms with E-state index in [1.807, 2.05) is 25.2 Å². The quantitative estimate of drug-likeness (QED) is 0.367. The first kappa shape index (κ1) is 10.2. The summed E-state index contributed by atoms with van der Waals surface area (Å²) in [5, 5.41) is 8.84. The topological polar surface area (TPSA) is 91.2 Å². The van der Waals surface area contributed by atoms with Crippen molar-refractivity contribution in [2.75, 3.05) is 7.05 Å². The number of likely N-dealkylation sites (N-methyl/N-ethyl adjacent to an activating group) is 1. The van der Waals surface area contributed by atoms with Gasteiger partial charge in [-0.05, 0) is 24.6 Å². The minimum atomic E-state index is -0.0104. The highest BCUT2D eigenvalue weighted by Crippen LogP contribution is 2.18. The van der Waals surface area contributed by atoms with Gasteiger partial charge in [0.1, 0.15) is 5.84 Å². The molecule has 0 aromatic rings. The monoisotopic (exact) mass is 193 g/mol. The highest BCUT2D eigenvalue weighted by atomic mass is 15.5. The number of hydrogen-bond donors (Lipinski definition) is 4. The summed E-state index contributed by atoms with van der Waals surface area (Å²) in [6.45, 7) is 1.96. The Morgan fingerprint density at radius 3 is 2.57 bits per heavy atom. The van der Waals surface area contributed by atoms with Crippen LogP contribution in [0.5, 0.6) is 0 Å². The van der Waals surface area contributed by atoms with Crippen LogP contribution in [0, 0.1) is 5.41 Å². The molecule has 1 rings (SSSR count). The summed E-state index contributed by atoms with van der Waals surface area (Å²) >= 11 is 0. The fraction of sp³-hybridized carbons (Fsp3) is 0.222. The highest BCUT2D eigenvalue weighted by molar-refractivity contribution is 5.88. The molecule has 6 N–H and O–H groups in total. The predicted octanol–water partition coefficient (Wildman–Crippen LogP) is 0.00267. The van der Waals surface area contributed by atoms with Gasteiger partial charge >= 0.3 is 0 Å². The molecule has 0 amide bonds. The maximum absolute atomic E-state index is 7.03. The van der Waals surface area contributed by atoms with Crippen molar-refractivity contribution in [2.24, 2.45) is 11.5 Å². The minimum absolute atomic E-state index is 0.0104. The maximum Gasteiger partial charge on any atom is 0.115 e. The van der Waals surface area contributed by atoms with Crippen molar-refractivity contribution in [3.63, 3.8) is 0 Å². The Kier molecular flexibility index (Phi) is 2.81. The van der Waals surface area contributed by atoms with E-state index in [2.05, 4.69) is 5.43 Å². The van der Waals surface area contributed by atoms with Gasteiger partial charge in [0.05, 0.1) is 11.4 Å². The summed E-state index contributed by atoms with van der Waals surface area (Å²) in [7, 11) is 1.87. The van der Waals surface area contributed by atoms with Crippen LogP contribution in [0.1, 0.15) is 6.92 Å². The normalized spacial score (nSPS) is 19.6. The number of rotatable bonds is 2. The van der Waals surface area contributed by atoms with Crippen LogP contribution in [0.4, 0.5) is 0 Å². The van der Waals surface area contributed by atoms with Gasteiger partial charge in [-0.1, -0.05) is 0 Å². The lowest BCUT2D eigenvalue weighted by Crippen LogP contribution is -2.25. The van der Waals surface area contributed by atoms with Crippen molar-refractivity contribution in [3.05, 3.63) is 35.3 Å². The summed E-state index contributed by atoms with van der Waals surface area (Å²) in [6, 6.07) is 0. The fourth-order valence-corrected chi connectivity index (χ4v) is 1.27. The molecule has 0 aromatic carbocycles. The minimum Gasteiger partial charge on any atom is -0.397 e. The van der Waals surface area contributed by atoms with Gasteiger partial charge in [0.2, 0.25) is 0 Å². The molecule has 5 nitrogen and oxygen atoms in total. The molecule has 0 aromatic heterocycles. The molecule has 0 spiro atoms. The third kappa shape index (κ3) is 2.07. The standard InChI is InChI=1S/C9H15N5/c1-6-5-13-14(2)9(6)7(10)3-4-8(11)12/h3-5,13H,10H2,1-2H3,(H3,11,12). The number of hydrogen-bond acceptors (Lipinski definition) is 4. The van der Waals surface area contributed by atoms with Crippen LogP contribution >= 0.6 is 0 Å². The molecule has 0 aliphatic carbocycles. The third-order valence-electron chi connectivity index (χ3n) is 1.90. The van der Waals surface area contributed by atoms with Crippen molar-refractivity contribution in [2.45, 2.75) is 6.92 Å². The number of allylic oxidation sites excluding steroid dienone is 2.